The predicted molar refractivity (Wildman–Crippen MR) is 92.5 cm³/mol. The standard InChI is InChI=1S/C18H22N4O/c1-13-16(11-21(2)3)22-10-6-9-17(18(22)20-13)23-12-14-7-4-5-8-15(14)19/h4-10H,11-12,19H2,1-3H3. The van der Waals surface area contributed by atoms with E-state index in [2.05, 4.69) is 28.4 Å². The number of para-hydroxylation sites is 1. The first kappa shape index (κ1) is 15.4. The zero-order chi connectivity index (χ0) is 16.4. The fourth-order valence-corrected chi connectivity index (χ4v) is 2.63. The third kappa shape index (κ3) is 3.14. The molecular formula is C18H22N4O. The third-order valence-electron chi connectivity index (χ3n) is 3.82. The molecule has 0 amide bonds. The van der Waals surface area contributed by atoms with Crippen molar-refractivity contribution >= 4 is 11.3 Å². The van der Waals surface area contributed by atoms with Crippen LogP contribution in [0.3, 0.4) is 0 Å². The molecule has 0 bridgehead atoms. The molecule has 2 N–H and O–H groups in total. The van der Waals surface area contributed by atoms with Crippen LogP contribution < -0.4 is 10.5 Å². The average Bonchev–Trinajstić information content (AvgIpc) is 2.83. The lowest BCUT2D eigenvalue weighted by Gasteiger charge is -2.12. The number of nitrogen functional groups attached to an aromatic ring is 1. The molecular weight excluding hydrogens is 288 g/mol. The van der Waals surface area contributed by atoms with Gasteiger partial charge in [-0.15, -0.1) is 0 Å². The molecule has 1 aromatic carbocycles. The number of pyridine rings is 1. The molecule has 0 radical (unpaired) electrons. The van der Waals surface area contributed by atoms with Gasteiger partial charge in [-0.3, -0.25) is 4.40 Å². The Bertz CT molecular complexity index is 823. The second-order valence-corrected chi connectivity index (χ2v) is 5.94. The molecule has 5 nitrogen and oxygen atoms in total. The molecule has 0 aliphatic heterocycles. The number of nitrogens with zero attached hydrogens (tertiary/aromatic N) is 3. The van der Waals surface area contributed by atoms with Crippen molar-refractivity contribution in [2.24, 2.45) is 0 Å². The van der Waals surface area contributed by atoms with E-state index in [1.54, 1.807) is 0 Å². The van der Waals surface area contributed by atoms with Crippen LogP contribution in [-0.4, -0.2) is 28.4 Å². The van der Waals surface area contributed by atoms with E-state index in [0.717, 1.165) is 34.9 Å². The van der Waals surface area contributed by atoms with Crippen LogP contribution >= 0.6 is 0 Å². The highest BCUT2D eigenvalue weighted by atomic mass is 16.5. The quantitative estimate of drug-likeness (QED) is 0.736. The molecule has 0 aliphatic rings. The molecule has 0 saturated heterocycles. The number of nitrogens with two attached hydrogens (primary N) is 1. The molecule has 0 fully saturated rings. The van der Waals surface area contributed by atoms with Gasteiger partial charge in [-0.1, -0.05) is 18.2 Å². The van der Waals surface area contributed by atoms with E-state index in [1.807, 2.05) is 49.5 Å². The summed E-state index contributed by atoms with van der Waals surface area (Å²) in [6.45, 7) is 3.30. The molecule has 3 aromatic rings. The van der Waals surface area contributed by atoms with Gasteiger partial charge in [0.05, 0.1) is 11.4 Å². The van der Waals surface area contributed by atoms with Crippen LogP contribution in [-0.2, 0) is 13.2 Å². The van der Waals surface area contributed by atoms with E-state index in [-0.39, 0.29) is 0 Å². The summed E-state index contributed by atoms with van der Waals surface area (Å²) in [5, 5.41) is 0. The minimum Gasteiger partial charge on any atom is -0.485 e. The first-order valence-corrected chi connectivity index (χ1v) is 7.63. The van der Waals surface area contributed by atoms with Crippen molar-refractivity contribution in [3.8, 4) is 5.75 Å². The van der Waals surface area contributed by atoms with E-state index < -0.39 is 0 Å². The van der Waals surface area contributed by atoms with Gasteiger partial charge in [0.2, 0.25) is 0 Å². The van der Waals surface area contributed by atoms with Gasteiger partial charge in [0, 0.05) is 24.0 Å². The fourth-order valence-electron chi connectivity index (χ4n) is 2.63. The number of hydrogen-bond donors (Lipinski definition) is 1. The van der Waals surface area contributed by atoms with Crippen molar-refractivity contribution < 1.29 is 4.74 Å². The van der Waals surface area contributed by atoms with E-state index in [4.69, 9.17) is 10.5 Å². The summed E-state index contributed by atoms with van der Waals surface area (Å²) in [5.41, 5.74) is 10.7. The molecule has 0 atom stereocenters. The first-order valence-electron chi connectivity index (χ1n) is 7.63. The number of aromatic nitrogens is 2. The van der Waals surface area contributed by atoms with Gasteiger partial charge >= 0.3 is 0 Å². The molecule has 3 rings (SSSR count). The number of aryl methyl sites for hydroxylation is 1. The Kier molecular flexibility index (Phi) is 4.21. The summed E-state index contributed by atoms with van der Waals surface area (Å²) in [7, 11) is 4.11. The van der Waals surface area contributed by atoms with E-state index in [0.29, 0.717) is 6.61 Å². The number of hydrogen-bond acceptors (Lipinski definition) is 4. The summed E-state index contributed by atoms with van der Waals surface area (Å²) in [4.78, 5) is 6.81. The van der Waals surface area contributed by atoms with Crippen LogP contribution in [0.1, 0.15) is 17.0 Å². The minimum atomic E-state index is 0.432. The number of ether oxygens (including phenoxy) is 1. The first-order chi connectivity index (χ1) is 11.1. The normalized spacial score (nSPS) is 11.3. The van der Waals surface area contributed by atoms with Crippen molar-refractivity contribution in [1.82, 2.24) is 14.3 Å². The SMILES string of the molecule is Cc1nc2c(OCc3ccccc3N)cccn2c1CN(C)C. The number of imidazole rings is 1. The van der Waals surface area contributed by atoms with Gasteiger partial charge in [-0.2, -0.15) is 0 Å². The maximum Gasteiger partial charge on any atom is 0.180 e. The largest absolute Gasteiger partial charge is 0.485 e. The Balaban J connectivity index is 1.91. The van der Waals surface area contributed by atoms with Crippen molar-refractivity contribution in [2.45, 2.75) is 20.1 Å². The second-order valence-electron chi connectivity index (χ2n) is 5.94. The molecule has 0 unspecified atom stereocenters. The zero-order valence-electron chi connectivity index (χ0n) is 13.8. The molecule has 0 saturated carbocycles. The molecule has 120 valence electrons. The van der Waals surface area contributed by atoms with Gasteiger partial charge < -0.3 is 15.4 Å². The molecule has 0 spiro atoms. The molecule has 2 aromatic heterocycles. The number of fused-ring (bicyclic) bond motifs is 1. The molecule has 2 heterocycles. The van der Waals surface area contributed by atoms with Crippen LogP contribution in [0.4, 0.5) is 5.69 Å². The Hall–Kier alpha value is -2.53. The topological polar surface area (TPSA) is 55.8 Å². The van der Waals surface area contributed by atoms with Crippen molar-refractivity contribution in [3.05, 3.63) is 59.5 Å². The van der Waals surface area contributed by atoms with Crippen LogP contribution in [0.5, 0.6) is 5.75 Å². The van der Waals surface area contributed by atoms with Gasteiger partial charge in [0.25, 0.3) is 0 Å². The van der Waals surface area contributed by atoms with Gasteiger partial charge in [0.15, 0.2) is 11.4 Å². The van der Waals surface area contributed by atoms with E-state index >= 15 is 0 Å². The summed E-state index contributed by atoms with van der Waals surface area (Å²) in [5.74, 6) is 0.767. The van der Waals surface area contributed by atoms with Crippen LogP contribution in [0.2, 0.25) is 0 Å². The molecule has 23 heavy (non-hydrogen) atoms. The number of benzene rings is 1. The van der Waals surface area contributed by atoms with Crippen molar-refractivity contribution in [3.63, 3.8) is 0 Å². The highest BCUT2D eigenvalue weighted by Gasteiger charge is 2.13. The van der Waals surface area contributed by atoms with Gasteiger partial charge in [-0.25, -0.2) is 4.98 Å². The smallest absolute Gasteiger partial charge is 0.180 e. The number of rotatable bonds is 5. The third-order valence-corrected chi connectivity index (χ3v) is 3.82. The van der Waals surface area contributed by atoms with Crippen molar-refractivity contribution in [1.29, 1.82) is 0 Å². The Morgan fingerprint density at radius 3 is 2.70 bits per heavy atom. The Morgan fingerprint density at radius 1 is 1.17 bits per heavy atom. The fraction of sp³-hybridized carbons (Fsp3) is 0.278. The monoisotopic (exact) mass is 310 g/mol. The van der Waals surface area contributed by atoms with Gasteiger partial charge in [-0.05, 0) is 39.2 Å². The Labute approximate surface area is 136 Å². The highest BCUT2D eigenvalue weighted by Crippen LogP contribution is 2.24. The highest BCUT2D eigenvalue weighted by molar-refractivity contribution is 5.56. The molecule has 0 aliphatic carbocycles. The Morgan fingerprint density at radius 2 is 1.96 bits per heavy atom. The van der Waals surface area contributed by atoms with E-state index in [9.17, 15) is 0 Å². The maximum absolute atomic E-state index is 5.98. The lowest BCUT2D eigenvalue weighted by atomic mass is 10.2. The lowest BCUT2D eigenvalue weighted by molar-refractivity contribution is 0.308. The predicted octanol–water partition coefficient (Wildman–Crippen LogP) is 2.87. The van der Waals surface area contributed by atoms with Crippen LogP contribution in [0, 0.1) is 6.92 Å². The number of anilines is 1. The summed E-state index contributed by atoms with van der Waals surface area (Å²) in [6, 6.07) is 11.7. The summed E-state index contributed by atoms with van der Waals surface area (Å²) < 4.78 is 8.08. The van der Waals surface area contributed by atoms with Crippen LogP contribution in [0.15, 0.2) is 42.6 Å². The minimum absolute atomic E-state index is 0.432. The van der Waals surface area contributed by atoms with Crippen molar-refractivity contribution in [2.75, 3.05) is 19.8 Å². The average molecular weight is 310 g/mol. The summed E-state index contributed by atoms with van der Waals surface area (Å²) in [6.07, 6.45) is 2.03. The summed E-state index contributed by atoms with van der Waals surface area (Å²) >= 11 is 0. The van der Waals surface area contributed by atoms with E-state index in [1.165, 1.54) is 5.69 Å². The zero-order valence-corrected chi connectivity index (χ0v) is 13.8. The molecule has 5 heteroatoms. The van der Waals surface area contributed by atoms with Crippen LogP contribution in [0.25, 0.3) is 5.65 Å². The maximum atomic E-state index is 5.98. The lowest BCUT2D eigenvalue weighted by Crippen LogP contribution is -2.13. The van der Waals surface area contributed by atoms with Gasteiger partial charge in [0.1, 0.15) is 6.61 Å². The second kappa shape index (κ2) is 6.30.